The van der Waals surface area contributed by atoms with Crippen LogP contribution in [0.5, 0.6) is 0 Å². The van der Waals surface area contributed by atoms with E-state index in [1.807, 2.05) is 0 Å². The molecular formula is C65H118N2O3. The van der Waals surface area contributed by atoms with E-state index in [9.17, 15) is 14.7 Å². The highest BCUT2D eigenvalue weighted by molar-refractivity contribution is 5.83. The second-order valence-electron chi connectivity index (χ2n) is 23.9. The number of benzene rings is 1. The summed E-state index contributed by atoms with van der Waals surface area (Å²) >= 11 is 0. The van der Waals surface area contributed by atoms with Crippen molar-refractivity contribution >= 4 is 11.9 Å². The number of likely N-dealkylation sites (tertiary alicyclic amines) is 1. The molecule has 2 fully saturated rings. The van der Waals surface area contributed by atoms with Crippen LogP contribution >= 0.6 is 0 Å². The highest BCUT2D eigenvalue weighted by atomic mass is 16.4. The molecule has 1 heterocycles. The third kappa shape index (κ3) is 30.3. The van der Waals surface area contributed by atoms with Gasteiger partial charge in [0, 0.05) is 18.5 Å². The fraction of sp³-hybridized carbons (Fsp3) is 0.877. The maximum atomic E-state index is 13.4. The van der Waals surface area contributed by atoms with Crippen LogP contribution in [0.4, 0.5) is 0 Å². The lowest BCUT2D eigenvalue weighted by molar-refractivity contribution is -0.142. The van der Waals surface area contributed by atoms with Crippen LogP contribution in [0, 0.1) is 5.41 Å². The second-order valence-corrected chi connectivity index (χ2v) is 23.9. The van der Waals surface area contributed by atoms with E-state index in [1.165, 1.54) is 295 Å². The monoisotopic (exact) mass is 975 g/mol. The molecule has 1 aromatic rings. The number of hydrogen-bond donors (Lipinski definition) is 1. The average Bonchev–Trinajstić information content (AvgIpc) is 3.66. The zero-order valence-corrected chi connectivity index (χ0v) is 47.0. The molecule has 0 bridgehead atoms. The van der Waals surface area contributed by atoms with E-state index in [4.69, 9.17) is 0 Å². The lowest BCUT2D eigenvalue weighted by Gasteiger charge is -2.43. The van der Waals surface area contributed by atoms with Crippen LogP contribution in [0.15, 0.2) is 30.3 Å². The van der Waals surface area contributed by atoms with Crippen molar-refractivity contribution in [3.05, 3.63) is 35.9 Å². The SMILES string of the molecule is CN(C)C1(c2ccccc2)CCCCCCCCCCCCCCCCCCCCCCCCCCCCCCCCCCCCCCCCCCCCCCCCC2(CC1)CC(=O)N(CC(=O)O)C2. The highest BCUT2D eigenvalue weighted by Crippen LogP contribution is 2.46. The average molecular weight is 976 g/mol. The highest BCUT2D eigenvalue weighted by Gasteiger charge is 2.45. The maximum Gasteiger partial charge on any atom is 0.323 e. The number of carbonyl (C=O) groups is 2. The summed E-state index contributed by atoms with van der Waals surface area (Å²) in [5.74, 6) is -0.857. The van der Waals surface area contributed by atoms with E-state index in [1.54, 1.807) is 4.90 Å². The van der Waals surface area contributed by atoms with E-state index < -0.39 is 5.97 Å². The van der Waals surface area contributed by atoms with Gasteiger partial charge in [0.1, 0.15) is 6.54 Å². The van der Waals surface area contributed by atoms with Crippen LogP contribution < -0.4 is 0 Å². The topological polar surface area (TPSA) is 60.9 Å². The lowest BCUT2D eigenvalue weighted by atomic mass is 9.71. The van der Waals surface area contributed by atoms with Crippen molar-refractivity contribution in [3.8, 4) is 0 Å². The molecule has 2 aliphatic rings. The predicted octanol–water partition coefficient (Wildman–Crippen LogP) is 20.3. The molecule has 0 radical (unpaired) electrons. The molecule has 1 N–H and O–H groups in total. The van der Waals surface area contributed by atoms with Crippen molar-refractivity contribution in [2.45, 2.75) is 333 Å². The third-order valence-corrected chi connectivity index (χ3v) is 17.5. The molecule has 3 rings (SSSR count). The van der Waals surface area contributed by atoms with Gasteiger partial charge in [-0.25, -0.2) is 0 Å². The zero-order valence-electron chi connectivity index (χ0n) is 47.0. The van der Waals surface area contributed by atoms with Crippen LogP contribution in [0.25, 0.3) is 0 Å². The van der Waals surface area contributed by atoms with Crippen LogP contribution in [0.1, 0.15) is 333 Å². The molecule has 1 aromatic carbocycles. The van der Waals surface area contributed by atoms with Gasteiger partial charge >= 0.3 is 5.97 Å². The summed E-state index contributed by atoms with van der Waals surface area (Å²) in [6, 6.07) is 11.2. The molecule has 5 nitrogen and oxygen atoms in total. The van der Waals surface area contributed by atoms with E-state index >= 15 is 0 Å². The van der Waals surface area contributed by atoms with Crippen LogP contribution in [0.3, 0.4) is 0 Å². The number of rotatable bonds is 4. The Labute approximate surface area is 436 Å². The van der Waals surface area contributed by atoms with Gasteiger partial charge < -0.3 is 10.0 Å². The van der Waals surface area contributed by atoms with Gasteiger partial charge in [-0.3, -0.25) is 14.5 Å². The van der Waals surface area contributed by atoms with Gasteiger partial charge in [-0.15, -0.1) is 0 Å². The first-order valence-electron chi connectivity index (χ1n) is 31.6. The Morgan fingerprint density at radius 1 is 0.414 bits per heavy atom. The Hall–Kier alpha value is -1.88. The number of carbonyl (C=O) groups excluding carboxylic acids is 1. The number of amides is 1. The van der Waals surface area contributed by atoms with Crippen molar-refractivity contribution in [1.29, 1.82) is 0 Å². The number of hydrogen-bond acceptors (Lipinski definition) is 3. The van der Waals surface area contributed by atoms with Gasteiger partial charge in [0.05, 0.1) is 0 Å². The summed E-state index contributed by atoms with van der Waals surface area (Å²) < 4.78 is 0. The van der Waals surface area contributed by atoms with Gasteiger partial charge in [0.15, 0.2) is 0 Å². The van der Waals surface area contributed by atoms with E-state index in [0.717, 1.165) is 32.1 Å². The number of nitrogens with zero attached hydrogens (tertiary/aromatic N) is 2. The van der Waals surface area contributed by atoms with Gasteiger partial charge in [0.25, 0.3) is 0 Å². The molecular weight excluding hydrogens is 857 g/mol. The molecule has 1 aliphatic heterocycles. The van der Waals surface area contributed by atoms with Crippen LogP contribution in [-0.2, 0) is 15.1 Å². The minimum atomic E-state index is -0.897. The molecule has 1 saturated carbocycles. The van der Waals surface area contributed by atoms with Crippen molar-refractivity contribution in [2.24, 2.45) is 5.41 Å². The molecule has 0 aromatic heterocycles. The predicted molar refractivity (Wildman–Crippen MR) is 304 cm³/mol. The Kier molecular flexibility index (Phi) is 37.9. The summed E-state index contributed by atoms with van der Waals surface area (Å²) in [5.41, 5.74) is 1.14. The third-order valence-electron chi connectivity index (χ3n) is 17.5. The standard InChI is InChI=1S/C65H118N2O3/c1-66(2)65(61-52-48-47-49-53-61)55-51-46-44-42-40-38-36-34-32-30-28-26-24-22-20-18-16-14-12-10-8-6-4-3-5-7-9-11-13-15-17-19-21-23-25-27-29-31-33-35-37-39-41-43-45-50-54-64(56-57-65)58-62(68)67(60-64)59-63(69)70/h47-49,52-53H,3-46,50-51,54-60H2,1-2H3,(H,69,70). The number of carboxylic acids is 1. The first-order valence-corrected chi connectivity index (χ1v) is 31.6. The van der Waals surface area contributed by atoms with E-state index in [0.29, 0.717) is 13.0 Å². The summed E-state index contributed by atoms with van der Waals surface area (Å²) in [6.45, 7) is 0.425. The molecule has 1 spiro atoms. The van der Waals surface area contributed by atoms with Gasteiger partial charge in [-0.05, 0) is 50.8 Å². The van der Waals surface area contributed by atoms with Crippen molar-refractivity contribution < 1.29 is 14.7 Å². The minimum absolute atomic E-state index is 0.0392. The van der Waals surface area contributed by atoms with Crippen molar-refractivity contribution in [3.63, 3.8) is 0 Å². The molecule has 406 valence electrons. The molecule has 1 amide bonds. The molecule has 1 saturated heterocycles. The van der Waals surface area contributed by atoms with Gasteiger partial charge in [0.2, 0.25) is 5.91 Å². The van der Waals surface area contributed by atoms with Crippen LogP contribution in [0.2, 0.25) is 0 Å². The normalized spacial score (nSPS) is 26.2. The summed E-state index contributed by atoms with van der Waals surface area (Å²) in [7, 11) is 4.52. The van der Waals surface area contributed by atoms with E-state index in [-0.39, 0.29) is 23.4 Å². The van der Waals surface area contributed by atoms with Crippen molar-refractivity contribution in [1.82, 2.24) is 9.80 Å². The summed E-state index contributed by atoms with van der Waals surface area (Å²) in [5, 5.41) is 9.70. The van der Waals surface area contributed by atoms with Crippen LogP contribution in [-0.4, -0.2) is 54.0 Å². The molecule has 2 unspecified atom stereocenters. The molecule has 5 heteroatoms. The smallest absolute Gasteiger partial charge is 0.323 e. The Morgan fingerprint density at radius 3 is 0.957 bits per heavy atom. The lowest BCUT2D eigenvalue weighted by Crippen LogP contribution is -2.43. The minimum Gasteiger partial charge on any atom is -0.480 e. The molecule has 2 atom stereocenters. The summed E-state index contributed by atoms with van der Waals surface area (Å²) in [6.07, 6.45) is 69.5. The second kappa shape index (κ2) is 42.5. The first kappa shape index (κ1) is 62.4. The molecule has 1 aliphatic carbocycles. The Bertz CT molecular complexity index is 1350. The Morgan fingerprint density at radius 2 is 0.686 bits per heavy atom. The quantitative estimate of drug-likeness (QED) is 0.327. The maximum absolute atomic E-state index is 13.4. The number of carboxylic acid groups (broad SMARTS) is 1. The zero-order chi connectivity index (χ0) is 49.9. The largest absolute Gasteiger partial charge is 0.480 e. The fourth-order valence-electron chi connectivity index (χ4n) is 12.8. The van der Waals surface area contributed by atoms with Crippen molar-refractivity contribution in [2.75, 3.05) is 27.2 Å². The molecule has 70 heavy (non-hydrogen) atoms. The fourth-order valence-corrected chi connectivity index (χ4v) is 12.8. The first-order chi connectivity index (χ1) is 34.4. The van der Waals surface area contributed by atoms with E-state index in [2.05, 4.69) is 49.3 Å². The summed E-state index contributed by atoms with van der Waals surface area (Å²) in [4.78, 5) is 29.4. The van der Waals surface area contributed by atoms with Gasteiger partial charge in [-0.1, -0.05) is 326 Å². The van der Waals surface area contributed by atoms with Gasteiger partial charge in [-0.2, -0.15) is 0 Å². The Balaban J connectivity index is 1.42. The number of aliphatic carboxylic acids is 1.